The first-order valence-electron chi connectivity index (χ1n) is 17.5. The number of rotatable bonds is 4. The summed E-state index contributed by atoms with van der Waals surface area (Å²) in [6.45, 7) is 0. The van der Waals surface area contributed by atoms with Crippen LogP contribution in [0.2, 0.25) is 0 Å². The molecule has 1 aliphatic carbocycles. The molecule has 7 aromatic carbocycles. The third-order valence-corrected chi connectivity index (χ3v) is 10.6. The van der Waals surface area contributed by atoms with Gasteiger partial charge in [0.15, 0.2) is 5.82 Å². The molecule has 0 spiro atoms. The van der Waals surface area contributed by atoms with Crippen LogP contribution < -0.4 is 0 Å². The second-order valence-electron chi connectivity index (χ2n) is 13.4. The van der Waals surface area contributed by atoms with E-state index >= 15 is 0 Å². The first kappa shape index (κ1) is 28.1. The third kappa shape index (κ3) is 4.14. The van der Waals surface area contributed by atoms with E-state index in [4.69, 9.17) is 9.97 Å². The minimum absolute atomic E-state index is 0.0112. The largest absolute Gasteiger partial charge is 0.309 e. The summed E-state index contributed by atoms with van der Waals surface area (Å²) < 4.78 is 4.65. The fraction of sp³-hybridized carbons (Fsp3) is 0.0213. The van der Waals surface area contributed by atoms with Crippen LogP contribution in [0.15, 0.2) is 176 Å². The highest BCUT2D eigenvalue weighted by Crippen LogP contribution is 2.48. The molecule has 0 amide bonds. The Balaban J connectivity index is 1.14. The first-order valence-corrected chi connectivity index (χ1v) is 17.5. The number of fused-ring (bicyclic) bond motifs is 9. The maximum atomic E-state index is 5.41. The lowest BCUT2D eigenvalue weighted by Gasteiger charge is -2.17. The summed E-state index contributed by atoms with van der Waals surface area (Å²) in [5, 5.41) is 4.92. The average Bonchev–Trinajstić information content (AvgIpc) is 3.84. The molecule has 0 radical (unpaired) electrons. The van der Waals surface area contributed by atoms with Crippen molar-refractivity contribution in [2.24, 2.45) is 0 Å². The second kappa shape index (κ2) is 10.9. The third-order valence-electron chi connectivity index (χ3n) is 10.6. The number of nitrogens with zero attached hydrogens (tertiary/aromatic N) is 4. The Morgan fingerprint density at radius 1 is 0.392 bits per heavy atom. The van der Waals surface area contributed by atoms with Gasteiger partial charge in [0.1, 0.15) is 5.82 Å². The van der Waals surface area contributed by atoms with E-state index in [9.17, 15) is 0 Å². The molecule has 0 atom stereocenters. The molecule has 0 saturated carbocycles. The molecule has 0 N–H and O–H groups in total. The average molecular weight is 651 g/mol. The normalized spacial score (nSPS) is 12.6. The van der Waals surface area contributed by atoms with Gasteiger partial charge in [-0.2, -0.15) is 0 Å². The molecule has 4 nitrogen and oxygen atoms in total. The smallest absolute Gasteiger partial charge is 0.161 e. The summed E-state index contributed by atoms with van der Waals surface area (Å²) in [5.41, 5.74) is 12.8. The van der Waals surface area contributed by atoms with E-state index in [0.29, 0.717) is 5.82 Å². The van der Waals surface area contributed by atoms with E-state index in [-0.39, 0.29) is 5.92 Å². The lowest BCUT2D eigenvalue weighted by Crippen LogP contribution is -2.08. The van der Waals surface area contributed by atoms with E-state index in [0.717, 1.165) is 33.8 Å². The maximum absolute atomic E-state index is 5.41. The van der Waals surface area contributed by atoms with Crippen molar-refractivity contribution in [3.8, 4) is 34.0 Å². The van der Waals surface area contributed by atoms with E-state index in [1.54, 1.807) is 0 Å². The molecule has 0 aliphatic heterocycles. The second-order valence-corrected chi connectivity index (χ2v) is 13.4. The summed E-state index contributed by atoms with van der Waals surface area (Å²) in [7, 11) is 0. The minimum atomic E-state index is -0.0112. The summed E-state index contributed by atoms with van der Waals surface area (Å²) in [5.74, 6) is 1.56. The molecule has 0 unspecified atom stereocenters. The van der Waals surface area contributed by atoms with E-state index in [1.807, 2.05) is 0 Å². The molecule has 10 aromatic rings. The Kier molecular flexibility index (Phi) is 5.98. The van der Waals surface area contributed by atoms with Gasteiger partial charge in [0.05, 0.1) is 33.7 Å². The van der Waals surface area contributed by atoms with Crippen LogP contribution in [-0.4, -0.2) is 19.1 Å². The van der Waals surface area contributed by atoms with E-state index in [1.165, 1.54) is 54.8 Å². The number of benzene rings is 7. The van der Waals surface area contributed by atoms with Gasteiger partial charge in [0.2, 0.25) is 0 Å². The van der Waals surface area contributed by atoms with Crippen LogP contribution in [-0.2, 0) is 0 Å². The van der Waals surface area contributed by atoms with Crippen LogP contribution in [0.25, 0.3) is 77.6 Å². The summed E-state index contributed by atoms with van der Waals surface area (Å²) in [6.07, 6.45) is 0. The molecule has 1 aliphatic rings. The topological polar surface area (TPSA) is 35.6 Å². The molecular weight excluding hydrogens is 621 g/mol. The summed E-state index contributed by atoms with van der Waals surface area (Å²) in [6, 6.07) is 63.0. The predicted octanol–water partition coefficient (Wildman–Crippen LogP) is 11.5. The van der Waals surface area contributed by atoms with Crippen LogP contribution in [0.4, 0.5) is 0 Å². The number of hydrogen-bond donors (Lipinski definition) is 0. The molecule has 238 valence electrons. The molecule has 3 heterocycles. The van der Waals surface area contributed by atoms with Gasteiger partial charge in [-0.3, -0.25) is 4.57 Å². The molecule has 4 heteroatoms. The number of para-hydroxylation sites is 4. The van der Waals surface area contributed by atoms with Gasteiger partial charge in [-0.1, -0.05) is 121 Å². The van der Waals surface area contributed by atoms with E-state index in [2.05, 4.69) is 185 Å². The van der Waals surface area contributed by atoms with Crippen LogP contribution in [0.1, 0.15) is 22.7 Å². The SMILES string of the molecule is c1ccc2c(c1)-c1ccccc1C2c1cc(-n2c3ccccc3c3ccccc32)nc(-c2ccc(-n3c4ccccc4c4ccccc43)cc2)n1. The molecular formula is C47H30N4. The van der Waals surface area contributed by atoms with Crippen molar-refractivity contribution in [3.05, 3.63) is 193 Å². The van der Waals surface area contributed by atoms with Crippen LogP contribution >= 0.6 is 0 Å². The standard InChI is InChI=1S/C47H30N4/c1-3-19-38-32(13-1)33-14-2-4-20-39(33)46(38)40-29-45(51-43-23-11-7-17-36(43)37-18-8-12-24-44(37)51)49-47(48-40)30-25-27-31(28-26-30)50-41-21-9-5-15-34(41)35-16-6-10-22-42(35)50/h1-29,46H. The maximum Gasteiger partial charge on any atom is 0.161 e. The Labute approximate surface area is 294 Å². The van der Waals surface area contributed by atoms with Crippen LogP contribution in [0.5, 0.6) is 0 Å². The minimum Gasteiger partial charge on any atom is -0.309 e. The fourth-order valence-corrected chi connectivity index (χ4v) is 8.45. The van der Waals surface area contributed by atoms with Gasteiger partial charge < -0.3 is 4.57 Å². The first-order chi connectivity index (χ1) is 25.3. The van der Waals surface area contributed by atoms with Crippen molar-refractivity contribution in [2.45, 2.75) is 5.92 Å². The van der Waals surface area contributed by atoms with Gasteiger partial charge in [0.25, 0.3) is 0 Å². The van der Waals surface area contributed by atoms with Crippen molar-refractivity contribution in [1.29, 1.82) is 0 Å². The summed E-state index contributed by atoms with van der Waals surface area (Å²) in [4.78, 5) is 10.8. The zero-order valence-electron chi connectivity index (χ0n) is 27.6. The Hall–Kier alpha value is -6.78. The quantitative estimate of drug-likeness (QED) is 0.190. The fourth-order valence-electron chi connectivity index (χ4n) is 8.45. The van der Waals surface area contributed by atoms with Crippen molar-refractivity contribution in [1.82, 2.24) is 19.1 Å². The molecule has 51 heavy (non-hydrogen) atoms. The van der Waals surface area contributed by atoms with Crippen molar-refractivity contribution in [3.63, 3.8) is 0 Å². The highest BCUT2D eigenvalue weighted by Gasteiger charge is 2.31. The van der Waals surface area contributed by atoms with Gasteiger partial charge in [-0.15, -0.1) is 0 Å². The van der Waals surface area contributed by atoms with Crippen molar-refractivity contribution >= 4 is 43.6 Å². The highest BCUT2D eigenvalue weighted by molar-refractivity contribution is 6.10. The molecule has 3 aromatic heterocycles. The molecule has 0 bridgehead atoms. The zero-order chi connectivity index (χ0) is 33.5. The van der Waals surface area contributed by atoms with Crippen molar-refractivity contribution < 1.29 is 0 Å². The molecule has 0 fully saturated rings. The molecule has 11 rings (SSSR count). The number of aromatic nitrogens is 4. The van der Waals surface area contributed by atoms with Gasteiger partial charge in [-0.25, -0.2) is 9.97 Å². The summed E-state index contributed by atoms with van der Waals surface area (Å²) >= 11 is 0. The van der Waals surface area contributed by atoms with Crippen molar-refractivity contribution in [2.75, 3.05) is 0 Å². The lowest BCUT2D eigenvalue weighted by atomic mass is 9.93. The zero-order valence-corrected chi connectivity index (χ0v) is 27.6. The number of hydrogen-bond acceptors (Lipinski definition) is 2. The Morgan fingerprint density at radius 2 is 0.824 bits per heavy atom. The molecule has 0 saturated heterocycles. The van der Waals surface area contributed by atoms with E-state index < -0.39 is 0 Å². The van der Waals surface area contributed by atoms with Gasteiger partial charge >= 0.3 is 0 Å². The Bertz CT molecular complexity index is 2830. The lowest BCUT2D eigenvalue weighted by molar-refractivity contribution is 0.913. The highest BCUT2D eigenvalue weighted by atomic mass is 15.1. The predicted molar refractivity (Wildman–Crippen MR) is 209 cm³/mol. The van der Waals surface area contributed by atoms with Crippen LogP contribution in [0, 0.1) is 0 Å². The monoisotopic (exact) mass is 650 g/mol. The Morgan fingerprint density at radius 3 is 1.33 bits per heavy atom. The van der Waals surface area contributed by atoms with Gasteiger partial charge in [-0.05, 0) is 70.8 Å². The van der Waals surface area contributed by atoms with Crippen LogP contribution in [0.3, 0.4) is 0 Å². The van der Waals surface area contributed by atoms with Gasteiger partial charge in [0, 0.05) is 38.9 Å².